The van der Waals surface area contributed by atoms with E-state index >= 15 is 0 Å². The van der Waals surface area contributed by atoms with E-state index in [-0.39, 0.29) is 46.2 Å². The van der Waals surface area contributed by atoms with Gasteiger partial charge in [-0.15, -0.1) is 0 Å². The molecule has 1 aliphatic heterocycles. The fourth-order valence-electron chi connectivity index (χ4n) is 8.91. The Kier molecular flexibility index (Phi) is 4.23. The van der Waals surface area contributed by atoms with Crippen LogP contribution in [0.1, 0.15) is 77.2 Å². The maximum atomic E-state index is 12.2. The molecule has 0 unspecified atom stereocenters. The van der Waals surface area contributed by atoms with E-state index in [9.17, 15) is 14.4 Å². The Labute approximate surface area is 188 Å². The van der Waals surface area contributed by atoms with Gasteiger partial charge < -0.3 is 13.9 Å². The molecular formula is C26H32O6. The van der Waals surface area contributed by atoms with Crippen LogP contribution >= 0.6 is 0 Å². The van der Waals surface area contributed by atoms with Gasteiger partial charge in [-0.2, -0.15) is 0 Å². The van der Waals surface area contributed by atoms with Crippen molar-refractivity contribution in [1.82, 2.24) is 0 Å². The highest BCUT2D eigenvalue weighted by molar-refractivity contribution is 5.79. The first-order valence-corrected chi connectivity index (χ1v) is 12.2. The third-order valence-electron chi connectivity index (χ3n) is 10.3. The van der Waals surface area contributed by atoms with Gasteiger partial charge in [0.15, 0.2) is 0 Å². The maximum Gasteiger partial charge on any atom is 0.335 e. The first-order valence-electron chi connectivity index (χ1n) is 12.2. The summed E-state index contributed by atoms with van der Waals surface area (Å²) in [4.78, 5) is 35.9. The summed E-state index contributed by atoms with van der Waals surface area (Å²) >= 11 is 0. The predicted octanol–water partition coefficient (Wildman–Crippen LogP) is 4.01. The fourth-order valence-corrected chi connectivity index (χ4v) is 8.91. The van der Waals surface area contributed by atoms with E-state index in [0.29, 0.717) is 30.0 Å². The molecule has 0 N–H and O–H groups in total. The lowest BCUT2D eigenvalue weighted by molar-refractivity contribution is -0.157. The number of esters is 1. The Morgan fingerprint density at radius 2 is 1.91 bits per heavy atom. The molecule has 0 radical (unpaired) electrons. The number of ether oxygens (including phenoxy) is 2. The molecule has 172 valence electrons. The molecule has 32 heavy (non-hydrogen) atoms. The zero-order valence-electron chi connectivity index (χ0n) is 19.1. The molecule has 4 saturated carbocycles. The van der Waals surface area contributed by atoms with Crippen molar-refractivity contribution in [3.8, 4) is 0 Å². The van der Waals surface area contributed by atoms with Crippen LogP contribution in [0.2, 0.25) is 0 Å². The largest absolute Gasteiger partial charge is 0.459 e. The number of hydrogen-bond donors (Lipinski definition) is 0. The van der Waals surface area contributed by atoms with Gasteiger partial charge in [0.25, 0.3) is 0 Å². The van der Waals surface area contributed by atoms with Crippen LogP contribution in [-0.2, 0) is 19.1 Å². The van der Waals surface area contributed by atoms with E-state index in [2.05, 4.69) is 13.8 Å². The first-order chi connectivity index (χ1) is 15.2. The average molecular weight is 441 g/mol. The molecule has 6 rings (SSSR count). The third-order valence-corrected chi connectivity index (χ3v) is 10.3. The SMILES string of the molecule is CC(=O)O[C@H]1[C@H]2O[C@]23[C@@H]2CC[C@H]4CC(=O)CC[C@]4(C)[C@H]2CC[C@]3(C)[C@H]1c1ccc(=O)oc1. The quantitative estimate of drug-likeness (QED) is 0.510. The van der Waals surface area contributed by atoms with E-state index in [1.807, 2.05) is 6.07 Å². The lowest BCUT2D eigenvalue weighted by Crippen LogP contribution is -2.58. The summed E-state index contributed by atoms with van der Waals surface area (Å²) in [5, 5.41) is 0. The normalized spacial score (nSPS) is 48.8. The molecule has 0 bridgehead atoms. The van der Waals surface area contributed by atoms with Crippen LogP contribution in [-0.4, -0.2) is 29.6 Å². The van der Waals surface area contributed by atoms with Crippen LogP contribution in [0.4, 0.5) is 0 Å². The number of rotatable bonds is 2. The summed E-state index contributed by atoms with van der Waals surface area (Å²) in [6.45, 7) is 6.16. The maximum absolute atomic E-state index is 12.2. The average Bonchev–Trinajstić information content (AvgIpc) is 3.44. The summed E-state index contributed by atoms with van der Waals surface area (Å²) in [6.07, 6.45) is 7.67. The van der Waals surface area contributed by atoms with Gasteiger partial charge in [-0.1, -0.05) is 13.8 Å². The van der Waals surface area contributed by atoms with Gasteiger partial charge in [-0.05, 0) is 66.9 Å². The number of carbonyl (C=O) groups excluding carboxylic acids is 2. The molecule has 4 aliphatic carbocycles. The molecule has 5 fully saturated rings. The summed E-state index contributed by atoms with van der Waals surface area (Å²) in [6, 6.07) is 3.28. The minimum absolute atomic E-state index is 0.0612. The van der Waals surface area contributed by atoms with Crippen LogP contribution in [0, 0.1) is 28.6 Å². The van der Waals surface area contributed by atoms with Crippen LogP contribution in [0.15, 0.2) is 27.6 Å². The van der Waals surface area contributed by atoms with Crippen molar-refractivity contribution >= 4 is 11.8 Å². The van der Waals surface area contributed by atoms with Crippen molar-refractivity contribution in [3.05, 3.63) is 34.4 Å². The molecule has 1 aromatic heterocycles. The zero-order valence-corrected chi connectivity index (χ0v) is 19.1. The third kappa shape index (κ3) is 2.48. The molecule has 9 atom stereocenters. The van der Waals surface area contributed by atoms with Gasteiger partial charge in [0.1, 0.15) is 23.6 Å². The number of ketones is 1. The van der Waals surface area contributed by atoms with E-state index in [1.54, 1.807) is 6.26 Å². The number of fused-ring (bicyclic) bond motifs is 3. The Morgan fingerprint density at radius 1 is 1.09 bits per heavy atom. The summed E-state index contributed by atoms with van der Waals surface area (Å²) < 4.78 is 17.8. The van der Waals surface area contributed by atoms with Gasteiger partial charge >= 0.3 is 11.6 Å². The predicted molar refractivity (Wildman–Crippen MR) is 115 cm³/mol. The number of Topliss-reactive ketones (excluding diaryl/α,β-unsaturated/α-hetero) is 1. The lowest BCUT2D eigenvalue weighted by Gasteiger charge is -2.60. The topological polar surface area (TPSA) is 86.1 Å². The summed E-state index contributed by atoms with van der Waals surface area (Å²) in [7, 11) is 0. The van der Waals surface area contributed by atoms with E-state index in [0.717, 1.165) is 44.1 Å². The van der Waals surface area contributed by atoms with Crippen LogP contribution in [0.3, 0.4) is 0 Å². The molecule has 0 amide bonds. The van der Waals surface area contributed by atoms with E-state index < -0.39 is 0 Å². The van der Waals surface area contributed by atoms with Crippen LogP contribution in [0.25, 0.3) is 0 Å². The molecule has 6 nitrogen and oxygen atoms in total. The second-order valence-corrected chi connectivity index (χ2v) is 11.5. The fraction of sp³-hybridized carbons (Fsp3) is 0.731. The van der Waals surface area contributed by atoms with Crippen molar-refractivity contribution in [2.75, 3.05) is 0 Å². The number of carbonyl (C=O) groups is 2. The van der Waals surface area contributed by atoms with Crippen LogP contribution < -0.4 is 5.63 Å². The Hall–Kier alpha value is -1.95. The Morgan fingerprint density at radius 3 is 2.62 bits per heavy atom. The minimum atomic E-state index is -0.376. The van der Waals surface area contributed by atoms with Gasteiger partial charge in [-0.3, -0.25) is 9.59 Å². The zero-order chi connectivity index (χ0) is 22.5. The summed E-state index contributed by atoms with van der Waals surface area (Å²) in [5.74, 6) is 1.47. The van der Waals surface area contributed by atoms with Gasteiger partial charge in [0, 0.05) is 37.2 Å². The highest BCUT2D eigenvalue weighted by Crippen LogP contribution is 2.78. The molecule has 1 saturated heterocycles. The first kappa shape index (κ1) is 20.6. The van der Waals surface area contributed by atoms with Crippen molar-refractivity contribution in [2.45, 2.75) is 89.4 Å². The molecule has 6 heteroatoms. The Balaban J connectivity index is 1.41. The Bertz CT molecular complexity index is 1020. The van der Waals surface area contributed by atoms with Gasteiger partial charge in [0.2, 0.25) is 0 Å². The minimum Gasteiger partial charge on any atom is -0.459 e. The van der Waals surface area contributed by atoms with Gasteiger partial charge in [-0.25, -0.2) is 4.79 Å². The smallest absolute Gasteiger partial charge is 0.335 e. The highest BCUT2D eigenvalue weighted by Gasteiger charge is 2.84. The lowest BCUT2D eigenvalue weighted by atomic mass is 9.44. The number of hydrogen-bond acceptors (Lipinski definition) is 6. The molecule has 1 spiro atoms. The van der Waals surface area contributed by atoms with Crippen LogP contribution in [0.5, 0.6) is 0 Å². The molecule has 5 aliphatic rings. The summed E-state index contributed by atoms with van der Waals surface area (Å²) in [5.41, 5.74) is 0.200. The van der Waals surface area contributed by atoms with Crippen molar-refractivity contribution in [2.24, 2.45) is 28.6 Å². The standard InChI is InChI=1S/C26H32O6/c1-14(27)31-22-21(15-4-7-20(29)30-13-15)25(3)11-9-18-19(26(25)23(22)32-26)6-5-16-12-17(28)8-10-24(16,18)2/h4,7,13,16,18-19,21-23H,5-6,8-12H2,1-3H3/t16-,18-,19+,21-,22+,23+,24-,25+,26+/m0/s1. The van der Waals surface area contributed by atoms with Crippen molar-refractivity contribution in [3.63, 3.8) is 0 Å². The molecule has 2 heterocycles. The van der Waals surface area contributed by atoms with E-state index in [1.165, 1.54) is 13.0 Å². The highest BCUT2D eigenvalue weighted by atomic mass is 16.7. The van der Waals surface area contributed by atoms with Gasteiger partial charge in [0.05, 0.1) is 6.26 Å². The molecular weight excluding hydrogens is 408 g/mol. The van der Waals surface area contributed by atoms with E-state index in [4.69, 9.17) is 13.9 Å². The monoisotopic (exact) mass is 440 g/mol. The second-order valence-electron chi connectivity index (χ2n) is 11.5. The van der Waals surface area contributed by atoms with Crippen molar-refractivity contribution in [1.29, 1.82) is 0 Å². The molecule has 1 aromatic rings. The van der Waals surface area contributed by atoms with Crippen molar-refractivity contribution < 1.29 is 23.5 Å². The molecule has 0 aromatic carbocycles. The second kappa shape index (κ2) is 6.55. The number of epoxide rings is 1.